The molecule has 1 N–H and O–H groups in total. The molecule has 0 saturated carbocycles. The highest BCUT2D eigenvalue weighted by molar-refractivity contribution is 5.83. The van der Waals surface area contributed by atoms with E-state index >= 15 is 0 Å². The van der Waals surface area contributed by atoms with Crippen molar-refractivity contribution in [2.24, 2.45) is 0 Å². The van der Waals surface area contributed by atoms with E-state index in [1.807, 2.05) is 18.3 Å². The molecule has 4 nitrogen and oxygen atoms in total. The van der Waals surface area contributed by atoms with Crippen LogP contribution in [0, 0.1) is 0 Å². The molecule has 2 rings (SSSR count). The minimum absolute atomic E-state index is 0.822. The maximum atomic E-state index is 5.39. The monoisotopic (exact) mass is 301 g/mol. The van der Waals surface area contributed by atoms with E-state index in [4.69, 9.17) is 4.74 Å². The highest BCUT2D eigenvalue weighted by atomic mass is 16.5. The van der Waals surface area contributed by atoms with E-state index in [1.165, 1.54) is 5.56 Å². The fraction of sp³-hybridized carbons (Fsp3) is 0.500. The predicted molar refractivity (Wildman–Crippen MR) is 92.4 cm³/mol. The quantitative estimate of drug-likeness (QED) is 0.722. The molecular formula is C18H27N3O. The zero-order valence-corrected chi connectivity index (χ0v) is 13.9. The van der Waals surface area contributed by atoms with Gasteiger partial charge in [0.15, 0.2) is 0 Å². The fourth-order valence-corrected chi connectivity index (χ4v) is 2.68. The van der Waals surface area contributed by atoms with Crippen molar-refractivity contribution in [1.82, 2.24) is 15.2 Å². The van der Waals surface area contributed by atoms with Crippen LogP contribution in [0.4, 0.5) is 0 Å². The number of hydrogen-bond donors (Lipinski definition) is 1. The summed E-state index contributed by atoms with van der Waals surface area (Å²) < 4.78 is 5.39. The summed E-state index contributed by atoms with van der Waals surface area (Å²) in [4.78, 5) is 6.96. The lowest BCUT2D eigenvalue weighted by Gasteiger charge is -2.17. The molecule has 0 spiro atoms. The zero-order valence-electron chi connectivity index (χ0n) is 13.9. The maximum absolute atomic E-state index is 5.39. The highest BCUT2D eigenvalue weighted by Crippen LogP contribution is 2.23. The number of ether oxygens (including phenoxy) is 1. The summed E-state index contributed by atoms with van der Waals surface area (Å²) in [7, 11) is 1.71. The summed E-state index contributed by atoms with van der Waals surface area (Å²) in [6.07, 6.45) is 3.01. The van der Waals surface area contributed by atoms with Crippen LogP contribution in [-0.2, 0) is 6.54 Å². The number of aromatic nitrogens is 1. The van der Waals surface area contributed by atoms with Crippen LogP contribution in [-0.4, -0.2) is 43.2 Å². The van der Waals surface area contributed by atoms with Gasteiger partial charge >= 0.3 is 0 Å². The lowest BCUT2D eigenvalue weighted by molar-refractivity contribution is 0.298. The third kappa shape index (κ3) is 4.42. The molecule has 0 amide bonds. The van der Waals surface area contributed by atoms with Gasteiger partial charge in [0, 0.05) is 18.1 Å². The number of nitrogens with one attached hydrogen (secondary N) is 1. The Morgan fingerprint density at radius 2 is 2.05 bits per heavy atom. The summed E-state index contributed by atoms with van der Waals surface area (Å²) >= 11 is 0. The lowest BCUT2D eigenvalue weighted by atomic mass is 10.1. The molecule has 1 heterocycles. The maximum Gasteiger partial charge on any atom is 0.119 e. The molecule has 1 aromatic heterocycles. The largest absolute Gasteiger partial charge is 0.497 e. The van der Waals surface area contributed by atoms with Crippen molar-refractivity contribution in [2.45, 2.75) is 26.8 Å². The van der Waals surface area contributed by atoms with Crippen LogP contribution in [0.2, 0.25) is 0 Å². The SMILES string of the molecule is CCN(CC)CCCNCc1cc(OC)cc2cccnc12. The molecule has 22 heavy (non-hydrogen) atoms. The van der Waals surface area contributed by atoms with E-state index in [0.717, 1.165) is 55.8 Å². The molecule has 4 heteroatoms. The second-order valence-electron chi connectivity index (χ2n) is 5.42. The Kier molecular flexibility index (Phi) is 6.62. The van der Waals surface area contributed by atoms with Gasteiger partial charge in [-0.1, -0.05) is 19.9 Å². The minimum atomic E-state index is 0.822. The summed E-state index contributed by atoms with van der Waals surface area (Å²) in [5.41, 5.74) is 2.25. The first kappa shape index (κ1) is 16.7. The van der Waals surface area contributed by atoms with Gasteiger partial charge in [0.05, 0.1) is 12.6 Å². The standard InChI is InChI=1S/C18H27N3O/c1-4-21(5-2)11-7-9-19-14-16-13-17(22-3)12-15-8-6-10-20-18(15)16/h6,8,10,12-13,19H,4-5,7,9,11,14H2,1-3H3. The third-order valence-electron chi connectivity index (χ3n) is 4.03. The van der Waals surface area contributed by atoms with Crippen LogP contribution in [0.1, 0.15) is 25.8 Å². The Morgan fingerprint density at radius 1 is 1.23 bits per heavy atom. The van der Waals surface area contributed by atoms with Crippen LogP contribution in [0.5, 0.6) is 5.75 Å². The Balaban J connectivity index is 1.93. The normalized spacial score (nSPS) is 11.3. The van der Waals surface area contributed by atoms with E-state index < -0.39 is 0 Å². The molecule has 0 aliphatic rings. The number of fused-ring (bicyclic) bond motifs is 1. The van der Waals surface area contributed by atoms with Gasteiger partial charge in [-0.2, -0.15) is 0 Å². The first-order valence-corrected chi connectivity index (χ1v) is 8.13. The van der Waals surface area contributed by atoms with Crippen molar-refractivity contribution < 1.29 is 4.74 Å². The molecule has 0 atom stereocenters. The number of hydrogen-bond acceptors (Lipinski definition) is 4. The second kappa shape index (κ2) is 8.71. The molecule has 0 unspecified atom stereocenters. The van der Waals surface area contributed by atoms with Gasteiger partial charge in [-0.3, -0.25) is 4.98 Å². The lowest BCUT2D eigenvalue weighted by Crippen LogP contribution is -2.27. The first-order chi connectivity index (χ1) is 10.8. The van der Waals surface area contributed by atoms with Crippen LogP contribution in [0.15, 0.2) is 30.5 Å². The second-order valence-corrected chi connectivity index (χ2v) is 5.42. The average molecular weight is 301 g/mol. The van der Waals surface area contributed by atoms with Gasteiger partial charge in [0.2, 0.25) is 0 Å². The van der Waals surface area contributed by atoms with E-state index in [2.05, 4.69) is 41.2 Å². The first-order valence-electron chi connectivity index (χ1n) is 8.13. The molecule has 0 saturated heterocycles. The van der Waals surface area contributed by atoms with Crippen molar-refractivity contribution in [1.29, 1.82) is 0 Å². The summed E-state index contributed by atoms with van der Waals surface area (Å²) in [5.74, 6) is 0.889. The Bertz CT molecular complexity index is 582. The van der Waals surface area contributed by atoms with Crippen molar-refractivity contribution in [3.63, 3.8) is 0 Å². The molecule has 0 aliphatic carbocycles. The summed E-state index contributed by atoms with van der Waals surface area (Å²) in [6.45, 7) is 9.67. The van der Waals surface area contributed by atoms with Gasteiger partial charge in [-0.05, 0) is 56.4 Å². The topological polar surface area (TPSA) is 37.4 Å². The van der Waals surface area contributed by atoms with Crippen molar-refractivity contribution >= 4 is 10.9 Å². The Labute approximate surface area is 133 Å². The number of benzene rings is 1. The zero-order chi connectivity index (χ0) is 15.8. The number of nitrogens with zero attached hydrogens (tertiary/aromatic N) is 2. The molecule has 120 valence electrons. The minimum Gasteiger partial charge on any atom is -0.497 e. The van der Waals surface area contributed by atoms with Gasteiger partial charge in [0.25, 0.3) is 0 Å². The van der Waals surface area contributed by atoms with Gasteiger partial charge in [0.1, 0.15) is 5.75 Å². The summed E-state index contributed by atoms with van der Waals surface area (Å²) in [5, 5.41) is 4.65. The summed E-state index contributed by atoms with van der Waals surface area (Å²) in [6, 6.07) is 8.15. The van der Waals surface area contributed by atoms with Gasteiger partial charge in [-0.15, -0.1) is 0 Å². The molecule has 0 radical (unpaired) electrons. The molecule has 0 aliphatic heterocycles. The molecule has 2 aromatic rings. The van der Waals surface area contributed by atoms with Crippen LogP contribution in [0.25, 0.3) is 10.9 Å². The Hall–Kier alpha value is -1.65. The van der Waals surface area contributed by atoms with E-state index in [-0.39, 0.29) is 0 Å². The molecule has 0 bridgehead atoms. The van der Waals surface area contributed by atoms with Gasteiger partial charge < -0.3 is 15.0 Å². The average Bonchev–Trinajstić information content (AvgIpc) is 2.57. The van der Waals surface area contributed by atoms with Crippen LogP contribution in [0.3, 0.4) is 0 Å². The molecule has 1 aromatic carbocycles. The third-order valence-corrected chi connectivity index (χ3v) is 4.03. The fourth-order valence-electron chi connectivity index (χ4n) is 2.68. The van der Waals surface area contributed by atoms with E-state index in [0.29, 0.717) is 0 Å². The van der Waals surface area contributed by atoms with Crippen LogP contribution >= 0.6 is 0 Å². The molecule has 0 fully saturated rings. The number of methoxy groups -OCH3 is 1. The van der Waals surface area contributed by atoms with E-state index in [9.17, 15) is 0 Å². The number of pyridine rings is 1. The molecular weight excluding hydrogens is 274 g/mol. The number of rotatable bonds is 9. The van der Waals surface area contributed by atoms with E-state index in [1.54, 1.807) is 7.11 Å². The van der Waals surface area contributed by atoms with Crippen molar-refractivity contribution in [3.05, 3.63) is 36.0 Å². The van der Waals surface area contributed by atoms with Crippen molar-refractivity contribution in [2.75, 3.05) is 33.3 Å². The van der Waals surface area contributed by atoms with Crippen LogP contribution < -0.4 is 10.1 Å². The predicted octanol–water partition coefficient (Wildman–Crippen LogP) is 3.06. The highest BCUT2D eigenvalue weighted by Gasteiger charge is 2.05. The van der Waals surface area contributed by atoms with Gasteiger partial charge in [-0.25, -0.2) is 0 Å². The van der Waals surface area contributed by atoms with Crippen molar-refractivity contribution in [3.8, 4) is 5.75 Å². The Morgan fingerprint density at radius 3 is 2.77 bits per heavy atom. The smallest absolute Gasteiger partial charge is 0.119 e.